The van der Waals surface area contributed by atoms with Crippen molar-refractivity contribution in [2.24, 2.45) is 0 Å². The monoisotopic (exact) mass is 291 g/mol. The van der Waals surface area contributed by atoms with Crippen LogP contribution in [-0.4, -0.2) is 12.1 Å². The minimum atomic E-state index is -5.04. The first-order valence-corrected chi connectivity index (χ1v) is 5.80. The molecule has 0 aromatic heterocycles. The summed E-state index contributed by atoms with van der Waals surface area (Å²) < 4.78 is 40.4. The van der Waals surface area contributed by atoms with Crippen LogP contribution in [0.25, 0.3) is 11.1 Å². The molecule has 2 aromatic carbocycles. The number of hydrogen-bond donors (Lipinski definition) is 0. The first kappa shape index (κ1) is 14.6. The number of halogens is 3. The molecule has 21 heavy (non-hydrogen) atoms. The minimum Gasteiger partial charge on any atom is -0.420 e. The zero-order valence-electron chi connectivity index (χ0n) is 10.5. The van der Waals surface area contributed by atoms with Crippen molar-refractivity contribution in [2.45, 2.75) is 6.18 Å². The van der Waals surface area contributed by atoms with E-state index in [1.807, 2.05) is 6.07 Å². The molecule has 106 valence electrons. The fraction of sp³-hybridized carbons (Fsp3) is 0.0667. The number of hydrogen-bond acceptors (Lipinski definition) is 3. The van der Waals surface area contributed by atoms with Crippen LogP contribution in [0.3, 0.4) is 0 Å². The third kappa shape index (κ3) is 3.39. The van der Waals surface area contributed by atoms with Crippen molar-refractivity contribution in [1.82, 2.24) is 0 Å². The van der Waals surface area contributed by atoms with E-state index in [-0.39, 0.29) is 5.75 Å². The zero-order chi connectivity index (χ0) is 15.5. The predicted octanol–water partition coefficient (Wildman–Crippen LogP) is 3.69. The lowest BCUT2D eigenvalue weighted by Crippen LogP contribution is -2.27. The highest BCUT2D eigenvalue weighted by Crippen LogP contribution is 2.26. The topological polar surface area (TPSA) is 50.1 Å². The van der Waals surface area contributed by atoms with Crippen molar-refractivity contribution in [3.63, 3.8) is 0 Å². The number of ether oxygens (including phenoxy) is 1. The Morgan fingerprint density at radius 1 is 1.05 bits per heavy atom. The first-order chi connectivity index (χ1) is 9.91. The second-order valence-electron chi connectivity index (χ2n) is 4.07. The summed E-state index contributed by atoms with van der Waals surface area (Å²) in [7, 11) is 0. The van der Waals surface area contributed by atoms with Crippen LogP contribution in [0, 0.1) is 11.3 Å². The van der Waals surface area contributed by atoms with Gasteiger partial charge in [-0.05, 0) is 29.3 Å². The summed E-state index contributed by atoms with van der Waals surface area (Å²) in [6.07, 6.45) is -5.04. The molecule has 6 heteroatoms. The second kappa shape index (κ2) is 5.67. The molecule has 0 spiro atoms. The molecule has 2 aromatic rings. The molecule has 0 radical (unpaired) electrons. The lowest BCUT2D eigenvalue weighted by Gasteiger charge is -2.08. The Balaban J connectivity index is 2.24. The van der Waals surface area contributed by atoms with Crippen LogP contribution in [0.5, 0.6) is 5.75 Å². The van der Waals surface area contributed by atoms with Gasteiger partial charge in [-0.15, -0.1) is 0 Å². The maximum Gasteiger partial charge on any atom is 0.491 e. The number of benzene rings is 2. The molecule has 0 heterocycles. The van der Waals surface area contributed by atoms with Crippen LogP contribution < -0.4 is 4.74 Å². The highest BCUT2D eigenvalue weighted by Gasteiger charge is 2.41. The van der Waals surface area contributed by atoms with E-state index in [4.69, 9.17) is 5.26 Å². The zero-order valence-corrected chi connectivity index (χ0v) is 10.5. The number of nitrogens with zero attached hydrogens (tertiary/aromatic N) is 1. The van der Waals surface area contributed by atoms with Gasteiger partial charge in [0, 0.05) is 0 Å². The minimum absolute atomic E-state index is 0.212. The Kier molecular flexibility index (Phi) is 3.94. The number of carbonyl (C=O) groups excluding carboxylic acids is 1. The van der Waals surface area contributed by atoms with E-state index in [2.05, 4.69) is 4.74 Å². The maximum atomic E-state index is 12.1. The summed E-state index contributed by atoms with van der Waals surface area (Å²) in [5.41, 5.74) is 1.73. The smallest absolute Gasteiger partial charge is 0.420 e. The third-order valence-corrected chi connectivity index (χ3v) is 2.65. The van der Waals surface area contributed by atoms with Crippen molar-refractivity contribution < 1.29 is 22.7 Å². The SMILES string of the molecule is N#Cc1ccccc1-c1ccc(OC(=O)C(F)(F)F)cc1. The van der Waals surface area contributed by atoms with Gasteiger partial charge in [-0.2, -0.15) is 18.4 Å². The Morgan fingerprint density at radius 3 is 2.24 bits per heavy atom. The Labute approximate surface area is 118 Å². The van der Waals surface area contributed by atoms with E-state index >= 15 is 0 Å². The van der Waals surface area contributed by atoms with Crippen LogP contribution in [-0.2, 0) is 4.79 Å². The largest absolute Gasteiger partial charge is 0.491 e. The first-order valence-electron chi connectivity index (χ1n) is 5.80. The van der Waals surface area contributed by atoms with Gasteiger partial charge < -0.3 is 4.74 Å². The standard InChI is InChI=1S/C15H8F3NO2/c16-15(17,18)14(20)21-12-7-5-10(6-8-12)13-4-2-1-3-11(13)9-19/h1-8H. The number of nitriles is 1. The molecule has 0 unspecified atom stereocenters. The van der Waals surface area contributed by atoms with Crippen LogP contribution in [0.15, 0.2) is 48.5 Å². The molecule has 0 atom stereocenters. The number of alkyl halides is 3. The van der Waals surface area contributed by atoms with Gasteiger partial charge in [-0.1, -0.05) is 30.3 Å². The van der Waals surface area contributed by atoms with Gasteiger partial charge >= 0.3 is 12.1 Å². The lowest BCUT2D eigenvalue weighted by atomic mass is 10.0. The van der Waals surface area contributed by atoms with Crippen molar-refractivity contribution >= 4 is 5.97 Å². The van der Waals surface area contributed by atoms with E-state index in [9.17, 15) is 18.0 Å². The van der Waals surface area contributed by atoms with Gasteiger partial charge in [-0.3, -0.25) is 0 Å². The van der Waals surface area contributed by atoms with E-state index < -0.39 is 12.1 Å². The molecule has 0 fully saturated rings. The van der Waals surface area contributed by atoms with E-state index in [1.54, 1.807) is 24.3 Å². The Morgan fingerprint density at radius 2 is 1.67 bits per heavy atom. The van der Waals surface area contributed by atoms with Crippen molar-refractivity contribution in [1.29, 1.82) is 5.26 Å². The van der Waals surface area contributed by atoms with Gasteiger partial charge in [0.2, 0.25) is 0 Å². The second-order valence-corrected chi connectivity index (χ2v) is 4.07. The molecule has 0 amide bonds. The summed E-state index contributed by atoms with van der Waals surface area (Å²) in [5, 5.41) is 9.00. The summed E-state index contributed by atoms with van der Waals surface area (Å²) in [4.78, 5) is 10.7. The van der Waals surface area contributed by atoms with Crippen LogP contribution >= 0.6 is 0 Å². The molecule has 2 rings (SSSR count). The van der Waals surface area contributed by atoms with Crippen LogP contribution in [0.2, 0.25) is 0 Å². The van der Waals surface area contributed by atoms with Crippen molar-refractivity contribution in [3.8, 4) is 22.9 Å². The summed E-state index contributed by atoms with van der Waals surface area (Å²) in [5.74, 6) is -2.48. The molecular formula is C15H8F3NO2. The molecule has 0 N–H and O–H groups in total. The lowest BCUT2D eigenvalue weighted by molar-refractivity contribution is -0.189. The fourth-order valence-electron chi connectivity index (χ4n) is 1.70. The fourth-order valence-corrected chi connectivity index (χ4v) is 1.70. The summed E-state index contributed by atoms with van der Waals surface area (Å²) >= 11 is 0. The average molecular weight is 291 g/mol. The summed E-state index contributed by atoms with van der Waals surface area (Å²) in [6, 6.07) is 14.3. The van der Waals surface area contributed by atoms with Gasteiger partial charge in [0.15, 0.2) is 0 Å². The molecule has 3 nitrogen and oxygen atoms in total. The Hall–Kier alpha value is -2.81. The van der Waals surface area contributed by atoms with Crippen LogP contribution in [0.1, 0.15) is 5.56 Å². The molecular weight excluding hydrogens is 283 g/mol. The predicted molar refractivity (Wildman–Crippen MR) is 68.3 cm³/mol. The van der Waals surface area contributed by atoms with E-state index in [0.29, 0.717) is 16.7 Å². The molecule has 0 aliphatic heterocycles. The number of carbonyl (C=O) groups is 1. The van der Waals surface area contributed by atoms with Crippen molar-refractivity contribution in [3.05, 3.63) is 54.1 Å². The van der Waals surface area contributed by atoms with E-state index in [0.717, 1.165) is 0 Å². The molecule has 0 saturated carbocycles. The maximum absolute atomic E-state index is 12.1. The molecule has 0 aliphatic carbocycles. The quantitative estimate of drug-likeness (QED) is 0.626. The Bertz CT molecular complexity index is 700. The number of rotatable bonds is 2. The van der Waals surface area contributed by atoms with Crippen LogP contribution in [0.4, 0.5) is 13.2 Å². The number of esters is 1. The third-order valence-electron chi connectivity index (χ3n) is 2.65. The normalized spacial score (nSPS) is 10.8. The van der Waals surface area contributed by atoms with Gasteiger partial charge in [0.05, 0.1) is 11.6 Å². The highest BCUT2D eigenvalue weighted by atomic mass is 19.4. The average Bonchev–Trinajstić information content (AvgIpc) is 2.47. The molecule has 0 bridgehead atoms. The summed E-state index contributed by atoms with van der Waals surface area (Å²) in [6.45, 7) is 0. The van der Waals surface area contributed by atoms with Gasteiger partial charge in [-0.25, -0.2) is 4.79 Å². The van der Waals surface area contributed by atoms with Crippen molar-refractivity contribution in [2.75, 3.05) is 0 Å². The molecule has 0 aliphatic rings. The molecule has 0 saturated heterocycles. The van der Waals surface area contributed by atoms with Gasteiger partial charge in [0.25, 0.3) is 0 Å². The van der Waals surface area contributed by atoms with Gasteiger partial charge in [0.1, 0.15) is 5.75 Å². The van der Waals surface area contributed by atoms with E-state index in [1.165, 1.54) is 24.3 Å². The highest BCUT2D eigenvalue weighted by molar-refractivity contribution is 5.78.